The molecule has 1 saturated heterocycles. The van der Waals surface area contributed by atoms with Gasteiger partial charge in [0.1, 0.15) is 6.10 Å². The minimum atomic E-state index is -0.112. The Balaban J connectivity index is 1.48. The largest absolute Gasteiger partial charge is 0.372 e. The molecule has 6 nitrogen and oxygen atoms in total. The Morgan fingerprint density at radius 3 is 3.25 bits per heavy atom. The van der Waals surface area contributed by atoms with Gasteiger partial charge in [-0.2, -0.15) is 4.98 Å². The number of aromatic nitrogens is 2. The minimum Gasteiger partial charge on any atom is -0.372 e. The molecule has 2 aromatic rings. The number of nitrogens with zero attached hydrogens (tertiary/aromatic N) is 3. The van der Waals surface area contributed by atoms with Crippen molar-refractivity contribution in [1.29, 1.82) is 0 Å². The molecule has 4 heterocycles. The van der Waals surface area contributed by atoms with Crippen molar-refractivity contribution >= 4 is 17.2 Å². The quantitative estimate of drug-likeness (QED) is 0.850. The van der Waals surface area contributed by atoms with Gasteiger partial charge in [-0.1, -0.05) is 12.1 Å². The summed E-state index contributed by atoms with van der Waals surface area (Å²) in [5.41, 5.74) is 1.33. The number of ether oxygens (including phenoxy) is 1. The standard InChI is InChI=1S/C17H21N3O3S/c1-2-14-18-17(19-23-14)12-4-3-7-20(12)15(21)10-13-16-11(5-8-22-13)6-9-24-16/h6,9,12-13H,2-5,7-8,10H2,1H3. The van der Waals surface area contributed by atoms with Gasteiger partial charge in [0.2, 0.25) is 11.8 Å². The molecule has 0 radical (unpaired) electrons. The lowest BCUT2D eigenvalue weighted by Gasteiger charge is -2.27. The number of aryl methyl sites for hydroxylation is 1. The average Bonchev–Trinajstić information content (AvgIpc) is 3.33. The smallest absolute Gasteiger partial charge is 0.226 e. The summed E-state index contributed by atoms with van der Waals surface area (Å²) in [7, 11) is 0. The number of amides is 1. The van der Waals surface area contributed by atoms with Gasteiger partial charge in [0.05, 0.1) is 19.1 Å². The third-order valence-corrected chi connectivity index (χ3v) is 5.83. The highest BCUT2D eigenvalue weighted by atomic mass is 32.1. The van der Waals surface area contributed by atoms with Crippen LogP contribution in [-0.2, 0) is 22.4 Å². The molecule has 0 aromatic carbocycles. The SMILES string of the molecule is CCc1nc(C2CCCN2C(=O)CC2OCCc3ccsc32)no1. The lowest BCUT2D eigenvalue weighted by molar-refractivity contribution is -0.135. The second kappa shape index (κ2) is 6.64. The number of rotatable bonds is 4. The molecule has 7 heteroatoms. The summed E-state index contributed by atoms with van der Waals surface area (Å²) in [5, 5.41) is 6.15. The minimum absolute atomic E-state index is 0.0621. The summed E-state index contributed by atoms with van der Waals surface area (Å²) in [4.78, 5) is 20.4. The summed E-state index contributed by atoms with van der Waals surface area (Å²) in [6.07, 6.45) is 3.80. The topological polar surface area (TPSA) is 68.5 Å². The van der Waals surface area contributed by atoms with E-state index in [1.54, 1.807) is 11.3 Å². The molecule has 24 heavy (non-hydrogen) atoms. The van der Waals surface area contributed by atoms with Crippen LogP contribution in [0.3, 0.4) is 0 Å². The Morgan fingerprint density at radius 2 is 2.42 bits per heavy atom. The Bertz CT molecular complexity index is 726. The molecule has 2 aliphatic heterocycles. The van der Waals surface area contributed by atoms with Crippen molar-refractivity contribution in [3.63, 3.8) is 0 Å². The molecule has 0 saturated carbocycles. The maximum atomic E-state index is 12.9. The van der Waals surface area contributed by atoms with Crippen molar-refractivity contribution in [3.05, 3.63) is 33.6 Å². The van der Waals surface area contributed by atoms with Gasteiger partial charge in [-0.15, -0.1) is 11.3 Å². The van der Waals surface area contributed by atoms with Gasteiger partial charge in [0.15, 0.2) is 5.82 Å². The van der Waals surface area contributed by atoms with Crippen LogP contribution in [0.1, 0.15) is 60.5 Å². The van der Waals surface area contributed by atoms with Gasteiger partial charge in [0.25, 0.3) is 0 Å². The zero-order chi connectivity index (χ0) is 16.5. The molecule has 0 aliphatic carbocycles. The molecule has 0 bridgehead atoms. The molecule has 2 unspecified atom stereocenters. The number of carbonyl (C=O) groups is 1. The Hall–Kier alpha value is -1.73. The lowest BCUT2D eigenvalue weighted by Crippen LogP contribution is -2.33. The summed E-state index contributed by atoms with van der Waals surface area (Å²) >= 11 is 1.69. The van der Waals surface area contributed by atoms with E-state index in [0.29, 0.717) is 31.2 Å². The maximum absolute atomic E-state index is 12.9. The highest BCUT2D eigenvalue weighted by molar-refractivity contribution is 7.10. The van der Waals surface area contributed by atoms with Crippen molar-refractivity contribution in [2.24, 2.45) is 0 Å². The fraction of sp³-hybridized carbons (Fsp3) is 0.588. The Kier molecular flexibility index (Phi) is 4.37. The number of likely N-dealkylation sites (tertiary alicyclic amines) is 1. The van der Waals surface area contributed by atoms with E-state index in [9.17, 15) is 4.79 Å². The molecule has 0 spiro atoms. The van der Waals surface area contributed by atoms with E-state index in [1.807, 2.05) is 11.8 Å². The first-order valence-electron chi connectivity index (χ1n) is 8.56. The third-order valence-electron chi connectivity index (χ3n) is 4.78. The highest BCUT2D eigenvalue weighted by Crippen LogP contribution is 2.37. The van der Waals surface area contributed by atoms with Gasteiger partial charge < -0.3 is 14.2 Å². The highest BCUT2D eigenvalue weighted by Gasteiger charge is 2.35. The van der Waals surface area contributed by atoms with Crippen molar-refractivity contribution in [2.75, 3.05) is 13.2 Å². The predicted molar refractivity (Wildman–Crippen MR) is 88.7 cm³/mol. The fourth-order valence-corrected chi connectivity index (χ4v) is 4.53. The fourth-order valence-electron chi connectivity index (χ4n) is 3.53. The molecule has 1 fully saturated rings. The maximum Gasteiger partial charge on any atom is 0.226 e. The summed E-state index contributed by atoms with van der Waals surface area (Å²) < 4.78 is 11.1. The van der Waals surface area contributed by atoms with Gasteiger partial charge in [-0.25, -0.2) is 0 Å². The van der Waals surface area contributed by atoms with Crippen LogP contribution in [0.5, 0.6) is 0 Å². The van der Waals surface area contributed by atoms with E-state index < -0.39 is 0 Å². The van der Waals surface area contributed by atoms with Crippen LogP contribution in [0.4, 0.5) is 0 Å². The monoisotopic (exact) mass is 347 g/mol. The van der Waals surface area contributed by atoms with Gasteiger partial charge in [-0.05, 0) is 36.3 Å². The van der Waals surface area contributed by atoms with Crippen LogP contribution in [0.2, 0.25) is 0 Å². The molecule has 1 amide bonds. The van der Waals surface area contributed by atoms with Gasteiger partial charge in [0, 0.05) is 17.8 Å². The lowest BCUT2D eigenvalue weighted by atomic mass is 10.0. The normalized spacial score (nSPS) is 23.5. The van der Waals surface area contributed by atoms with Crippen LogP contribution in [0.15, 0.2) is 16.0 Å². The summed E-state index contributed by atoms with van der Waals surface area (Å²) in [6.45, 7) is 3.42. The van der Waals surface area contributed by atoms with E-state index in [1.165, 1.54) is 10.4 Å². The van der Waals surface area contributed by atoms with Crippen LogP contribution < -0.4 is 0 Å². The molecule has 2 atom stereocenters. The third kappa shape index (κ3) is 2.86. The molecule has 0 N–H and O–H groups in total. The van der Waals surface area contributed by atoms with Crippen molar-refractivity contribution in [3.8, 4) is 0 Å². The number of hydrogen-bond acceptors (Lipinski definition) is 6. The number of hydrogen-bond donors (Lipinski definition) is 0. The first-order valence-corrected chi connectivity index (χ1v) is 9.44. The number of carbonyl (C=O) groups excluding carboxylic acids is 1. The first-order chi connectivity index (χ1) is 11.8. The van der Waals surface area contributed by atoms with Crippen molar-refractivity contribution in [1.82, 2.24) is 15.0 Å². The molecule has 4 rings (SSSR count). The zero-order valence-corrected chi connectivity index (χ0v) is 14.6. The van der Waals surface area contributed by atoms with E-state index in [4.69, 9.17) is 9.26 Å². The molecule has 128 valence electrons. The predicted octanol–water partition coefficient (Wildman–Crippen LogP) is 3.06. The van der Waals surface area contributed by atoms with Crippen LogP contribution in [-0.4, -0.2) is 34.1 Å². The van der Waals surface area contributed by atoms with Gasteiger partial charge >= 0.3 is 0 Å². The second-order valence-corrected chi connectivity index (χ2v) is 7.22. The summed E-state index contributed by atoms with van der Waals surface area (Å²) in [5.74, 6) is 1.38. The van der Waals surface area contributed by atoms with Crippen LogP contribution in [0, 0.1) is 0 Å². The number of thiophene rings is 1. The summed E-state index contributed by atoms with van der Waals surface area (Å²) in [6, 6.07) is 2.08. The van der Waals surface area contributed by atoms with Gasteiger partial charge in [-0.3, -0.25) is 4.79 Å². The molecular formula is C17H21N3O3S. The van der Waals surface area contributed by atoms with Crippen molar-refractivity contribution < 1.29 is 14.1 Å². The Labute approximate surface area is 144 Å². The van der Waals surface area contributed by atoms with Crippen LogP contribution in [0.25, 0.3) is 0 Å². The number of fused-ring (bicyclic) bond motifs is 1. The van der Waals surface area contributed by atoms with E-state index in [2.05, 4.69) is 21.6 Å². The van der Waals surface area contributed by atoms with Crippen LogP contribution >= 0.6 is 11.3 Å². The Morgan fingerprint density at radius 1 is 1.50 bits per heavy atom. The first kappa shape index (κ1) is 15.8. The molecule has 2 aromatic heterocycles. The average molecular weight is 347 g/mol. The van der Waals surface area contributed by atoms with E-state index >= 15 is 0 Å². The second-order valence-electron chi connectivity index (χ2n) is 6.27. The van der Waals surface area contributed by atoms with E-state index in [-0.39, 0.29) is 18.1 Å². The molecule has 2 aliphatic rings. The van der Waals surface area contributed by atoms with E-state index in [0.717, 1.165) is 25.8 Å². The molecular weight excluding hydrogens is 326 g/mol. The zero-order valence-electron chi connectivity index (χ0n) is 13.7. The van der Waals surface area contributed by atoms with Crippen molar-refractivity contribution in [2.45, 2.75) is 51.2 Å².